The van der Waals surface area contributed by atoms with Crippen molar-refractivity contribution in [1.82, 2.24) is 4.90 Å². The molecule has 0 saturated carbocycles. The third-order valence-electron chi connectivity index (χ3n) is 4.28. The maximum absolute atomic E-state index is 12.7. The molecule has 1 aliphatic heterocycles. The number of hydrogen-bond acceptors (Lipinski definition) is 6. The number of nitrogens with zero attached hydrogens (tertiary/aromatic N) is 1. The van der Waals surface area contributed by atoms with Crippen molar-refractivity contribution in [3.8, 4) is 17.2 Å². The van der Waals surface area contributed by atoms with Crippen molar-refractivity contribution in [2.75, 3.05) is 26.9 Å². The van der Waals surface area contributed by atoms with Crippen molar-refractivity contribution in [2.45, 2.75) is 13.8 Å². The topological polar surface area (TPSA) is 65.1 Å². The second-order valence-electron chi connectivity index (χ2n) is 6.47. The summed E-state index contributed by atoms with van der Waals surface area (Å²) in [5, 5.41) is -0.309. The first-order chi connectivity index (χ1) is 14.4. The van der Waals surface area contributed by atoms with Crippen LogP contribution in [0.4, 0.5) is 4.79 Å². The monoisotopic (exact) mass is 491 g/mol. The molecule has 0 N–H and O–H groups in total. The molecule has 1 heterocycles. The smallest absolute Gasteiger partial charge is 0.293 e. The lowest BCUT2D eigenvalue weighted by atomic mass is 10.2. The number of benzene rings is 2. The van der Waals surface area contributed by atoms with E-state index in [0.717, 1.165) is 22.9 Å². The summed E-state index contributed by atoms with van der Waals surface area (Å²) in [5.74, 6) is 1.52. The van der Waals surface area contributed by atoms with Crippen LogP contribution >= 0.6 is 27.7 Å². The molecule has 0 aliphatic carbocycles. The number of rotatable bonds is 8. The van der Waals surface area contributed by atoms with Crippen molar-refractivity contribution < 1.29 is 23.8 Å². The summed E-state index contributed by atoms with van der Waals surface area (Å²) in [4.78, 5) is 26.6. The second-order valence-corrected chi connectivity index (χ2v) is 8.31. The largest absolute Gasteiger partial charge is 0.493 e. The van der Waals surface area contributed by atoms with Crippen LogP contribution in [0.2, 0.25) is 0 Å². The van der Waals surface area contributed by atoms with Crippen molar-refractivity contribution in [1.29, 1.82) is 0 Å². The molecule has 158 valence electrons. The van der Waals surface area contributed by atoms with E-state index in [1.54, 1.807) is 19.3 Å². The highest BCUT2D eigenvalue weighted by atomic mass is 79.9. The Morgan fingerprint density at radius 1 is 1.17 bits per heavy atom. The van der Waals surface area contributed by atoms with Gasteiger partial charge in [-0.2, -0.15) is 0 Å². The van der Waals surface area contributed by atoms with Crippen LogP contribution in [0, 0.1) is 6.92 Å². The molecule has 2 amide bonds. The van der Waals surface area contributed by atoms with E-state index < -0.39 is 0 Å². The summed E-state index contributed by atoms with van der Waals surface area (Å²) in [5.41, 5.74) is 1.81. The maximum Gasteiger partial charge on any atom is 0.293 e. The molecule has 1 fully saturated rings. The number of hydrogen-bond donors (Lipinski definition) is 0. The predicted molar refractivity (Wildman–Crippen MR) is 121 cm³/mol. The van der Waals surface area contributed by atoms with Gasteiger partial charge >= 0.3 is 0 Å². The van der Waals surface area contributed by atoms with Crippen LogP contribution in [0.15, 0.2) is 45.8 Å². The zero-order valence-electron chi connectivity index (χ0n) is 16.9. The van der Waals surface area contributed by atoms with Gasteiger partial charge < -0.3 is 14.2 Å². The minimum Gasteiger partial charge on any atom is -0.493 e. The van der Waals surface area contributed by atoms with Crippen molar-refractivity contribution >= 4 is 44.9 Å². The Morgan fingerprint density at radius 3 is 2.67 bits per heavy atom. The van der Waals surface area contributed by atoms with Crippen LogP contribution in [0.1, 0.15) is 18.1 Å². The van der Waals surface area contributed by atoms with Crippen LogP contribution in [-0.2, 0) is 4.79 Å². The first-order valence-electron chi connectivity index (χ1n) is 9.38. The van der Waals surface area contributed by atoms with Gasteiger partial charge in [0.15, 0.2) is 11.5 Å². The lowest BCUT2D eigenvalue weighted by molar-refractivity contribution is -0.123. The molecule has 0 radical (unpaired) electrons. The zero-order chi connectivity index (χ0) is 21.7. The molecule has 0 bridgehead atoms. The fourth-order valence-electron chi connectivity index (χ4n) is 2.91. The molecule has 1 saturated heterocycles. The molecular formula is C22H22BrNO5S. The molecule has 3 rings (SSSR count). The molecule has 0 unspecified atom stereocenters. The molecule has 30 heavy (non-hydrogen) atoms. The van der Waals surface area contributed by atoms with Crippen LogP contribution in [-0.4, -0.2) is 42.9 Å². The molecule has 1 aliphatic rings. The van der Waals surface area contributed by atoms with Crippen LogP contribution in [0.5, 0.6) is 17.2 Å². The van der Waals surface area contributed by atoms with Gasteiger partial charge in [-0.15, -0.1) is 0 Å². The Bertz CT molecular complexity index is 991. The lowest BCUT2D eigenvalue weighted by Gasteiger charge is -2.13. The molecule has 0 spiro atoms. The van der Waals surface area contributed by atoms with E-state index in [1.165, 1.54) is 4.90 Å². The number of methoxy groups -OCH3 is 1. The molecule has 0 aromatic heterocycles. The van der Waals surface area contributed by atoms with Gasteiger partial charge in [-0.3, -0.25) is 14.5 Å². The predicted octanol–water partition coefficient (Wildman–Crippen LogP) is 5.28. The van der Waals surface area contributed by atoms with Crippen LogP contribution < -0.4 is 14.2 Å². The average Bonchev–Trinajstić information content (AvgIpc) is 2.97. The van der Waals surface area contributed by atoms with E-state index in [1.807, 2.05) is 44.2 Å². The van der Waals surface area contributed by atoms with Gasteiger partial charge in [0.1, 0.15) is 12.4 Å². The quantitative estimate of drug-likeness (QED) is 0.468. The molecule has 0 atom stereocenters. The number of ether oxygens (including phenoxy) is 3. The maximum atomic E-state index is 12.7. The standard InChI is InChI=1S/C22H22BrNO5S/c1-4-28-20-17(23)11-15(12-18(20)27-3)13-19-21(25)24(22(26)30-19)8-9-29-16-7-5-6-14(2)10-16/h5-7,10-13H,4,8-9H2,1-3H3/b19-13-. The third kappa shape index (κ3) is 5.17. The molecule has 6 nitrogen and oxygen atoms in total. The zero-order valence-corrected chi connectivity index (χ0v) is 19.3. The second kappa shape index (κ2) is 10.0. The van der Waals surface area contributed by atoms with Gasteiger partial charge in [0.25, 0.3) is 11.1 Å². The molecule has 8 heteroatoms. The number of imide groups is 1. The molecule has 2 aromatic rings. The minimum absolute atomic E-state index is 0.187. The van der Waals surface area contributed by atoms with E-state index >= 15 is 0 Å². The SMILES string of the molecule is CCOc1c(Br)cc(/C=C2\SC(=O)N(CCOc3cccc(C)c3)C2=O)cc1OC. The molecule has 2 aromatic carbocycles. The highest BCUT2D eigenvalue weighted by molar-refractivity contribution is 9.10. The summed E-state index contributed by atoms with van der Waals surface area (Å²) in [7, 11) is 1.55. The van der Waals surface area contributed by atoms with Crippen LogP contribution in [0.25, 0.3) is 6.08 Å². The average molecular weight is 492 g/mol. The summed E-state index contributed by atoms with van der Waals surface area (Å²) < 4.78 is 17.4. The van der Waals surface area contributed by atoms with Crippen molar-refractivity contribution in [2.24, 2.45) is 0 Å². The Morgan fingerprint density at radius 2 is 1.97 bits per heavy atom. The Balaban J connectivity index is 1.71. The van der Waals surface area contributed by atoms with Crippen molar-refractivity contribution in [3.63, 3.8) is 0 Å². The van der Waals surface area contributed by atoms with E-state index in [4.69, 9.17) is 14.2 Å². The normalized spacial score (nSPS) is 15.1. The minimum atomic E-state index is -0.332. The van der Waals surface area contributed by atoms with Gasteiger partial charge in [-0.1, -0.05) is 12.1 Å². The Hall–Kier alpha value is -2.45. The summed E-state index contributed by atoms with van der Waals surface area (Å²) >= 11 is 4.38. The van der Waals surface area contributed by atoms with Gasteiger partial charge in [-0.25, -0.2) is 0 Å². The lowest BCUT2D eigenvalue weighted by Crippen LogP contribution is -2.32. The third-order valence-corrected chi connectivity index (χ3v) is 5.78. The number of aryl methyl sites for hydroxylation is 1. The Labute approximate surface area is 188 Å². The fourth-order valence-corrected chi connectivity index (χ4v) is 4.35. The number of thioether (sulfide) groups is 1. The van der Waals surface area contributed by atoms with Crippen molar-refractivity contribution in [3.05, 3.63) is 56.9 Å². The first-order valence-corrected chi connectivity index (χ1v) is 11.0. The fraction of sp³-hybridized carbons (Fsp3) is 0.273. The first kappa shape index (κ1) is 22.2. The number of amides is 2. The van der Waals surface area contributed by atoms with Crippen LogP contribution in [0.3, 0.4) is 0 Å². The number of carbonyl (C=O) groups is 2. The van der Waals surface area contributed by atoms with E-state index in [0.29, 0.717) is 33.2 Å². The van der Waals surface area contributed by atoms with E-state index in [-0.39, 0.29) is 24.3 Å². The van der Waals surface area contributed by atoms with E-state index in [2.05, 4.69) is 15.9 Å². The summed E-state index contributed by atoms with van der Waals surface area (Å²) in [6.07, 6.45) is 1.68. The number of halogens is 1. The molecular weight excluding hydrogens is 470 g/mol. The number of carbonyl (C=O) groups excluding carboxylic acids is 2. The van der Waals surface area contributed by atoms with Gasteiger partial charge in [0.05, 0.1) is 29.6 Å². The highest BCUT2D eigenvalue weighted by Crippen LogP contribution is 2.39. The van der Waals surface area contributed by atoms with Gasteiger partial charge in [-0.05, 0) is 83.0 Å². The summed E-state index contributed by atoms with van der Waals surface area (Å²) in [6.45, 7) is 4.78. The van der Waals surface area contributed by atoms with Gasteiger partial charge in [0.2, 0.25) is 0 Å². The van der Waals surface area contributed by atoms with E-state index in [9.17, 15) is 9.59 Å². The highest BCUT2D eigenvalue weighted by Gasteiger charge is 2.34. The van der Waals surface area contributed by atoms with Gasteiger partial charge in [0, 0.05) is 0 Å². The summed E-state index contributed by atoms with van der Waals surface area (Å²) in [6, 6.07) is 11.2. The Kier molecular flexibility index (Phi) is 7.44.